The Kier molecular flexibility index (Phi) is 6.04. The molecule has 28 heavy (non-hydrogen) atoms. The van der Waals surface area contributed by atoms with Gasteiger partial charge < -0.3 is 4.74 Å². The van der Waals surface area contributed by atoms with Gasteiger partial charge in [-0.1, -0.05) is 46.7 Å². The first-order valence-electron chi connectivity index (χ1n) is 7.56. The molecule has 0 aliphatic rings. The molecule has 0 spiro atoms. The van der Waals surface area contributed by atoms with Crippen molar-refractivity contribution in [3.8, 4) is 5.75 Å². The van der Waals surface area contributed by atoms with Crippen molar-refractivity contribution in [3.05, 3.63) is 58.1 Å². The van der Waals surface area contributed by atoms with Crippen LogP contribution in [0.4, 0.5) is 10.8 Å². The number of carbonyl (C=O) groups is 1. The highest BCUT2D eigenvalue weighted by molar-refractivity contribution is 7.94. The summed E-state index contributed by atoms with van der Waals surface area (Å²) in [6, 6.07) is 10.9. The van der Waals surface area contributed by atoms with Crippen molar-refractivity contribution in [2.45, 2.75) is 4.34 Å². The van der Waals surface area contributed by atoms with E-state index in [4.69, 9.17) is 27.9 Å². The average Bonchev–Trinajstić information content (AvgIpc) is 3.11. The second kappa shape index (κ2) is 8.31. The summed E-state index contributed by atoms with van der Waals surface area (Å²) < 4.78 is 32.2. The molecule has 0 saturated heterocycles. The maximum absolute atomic E-state index is 12.5. The standard InChI is InChI=1S/C16H12Cl2N4O4S2/c1-26-13-5-3-2-4-12(13)22-28(24,25)16-21-20-15(27-16)19-14(23)10-7-6-9(17)8-11(10)18/h2-8,22H,1H3,(H,19,20,23). The van der Waals surface area contributed by atoms with Gasteiger partial charge in [0.15, 0.2) is 0 Å². The molecule has 8 nitrogen and oxygen atoms in total. The number of methoxy groups -OCH3 is 1. The molecular formula is C16H12Cl2N4O4S2. The van der Waals surface area contributed by atoms with Crippen molar-refractivity contribution in [2.24, 2.45) is 0 Å². The molecule has 1 aromatic heterocycles. The maximum atomic E-state index is 12.5. The molecule has 146 valence electrons. The van der Waals surface area contributed by atoms with Gasteiger partial charge in [-0.25, -0.2) is 0 Å². The summed E-state index contributed by atoms with van der Waals surface area (Å²) in [5.41, 5.74) is 0.413. The van der Waals surface area contributed by atoms with Crippen LogP contribution in [0.3, 0.4) is 0 Å². The van der Waals surface area contributed by atoms with Crippen LogP contribution in [0.2, 0.25) is 10.0 Å². The van der Waals surface area contributed by atoms with Gasteiger partial charge >= 0.3 is 0 Å². The maximum Gasteiger partial charge on any atom is 0.291 e. The van der Waals surface area contributed by atoms with Crippen LogP contribution in [0.1, 0.15) is 10.4 Å². The van der Waals surface area contributed by atoms with Crippen LogP contribution >= 0.6 is 34.5 Å². The first-order valence-corrected chi connectivity index (χ1v) is 10.6. The monoisotopic (exact) mass is 458 g/mol. The van der Waals surface area contributed by atoms with E-state index in [-0.39, 0.29) is 25.7 Å². The fourth-order valence-electron chi connectivity index (χ4n) is 2.12. The van der Waals surface area contributed by atoms with Crippen LogP contribution in [0.25, 0.3) is 0 Å². The molecule has 0 fully saturated rings. The summed E-state index contributed by atoms with van der Waals surface area (Å²) in [7, 11) is -2.59. The lowest BCUT2D eigenvalue weighted by atomic mass is 10.2. The first kappa shape index (κ1) is 20.3. The molecule has 0 radical (unpaired) electrons. The van der Waals surface area contributed by atoms with E-state index in [0.717, 1.165) is 0 Å². The number of anilines is 2. The van der Waals surface area contributed by atoms with Crippen LogP contribution in [-0.4, -0.2) is 31.6 Å². The number of carbonyl (C=O) groups excluding carboxylic acids is 1. The Morgan fingerprint density at radius 2 is 1.89 bits per heavy atom. The van der Waals surface area contributed by atoms with Gasteiger partial charge in [-0.2, -0.15) is 8.42 Å². The van der Waals surface area contributed by atoms with Gasteiger partial charge in [0.05, 0.1) is 23.4 Å². The first-order chi connectivity index (χ1) is 13.3. The van der Waals surface area contributed by atoms with Crippen LogP contribution in [0.15, 0.2) is 46.8 Å². The Morgan fingerprint density at radius 3 is 2.61 bits per heavy atom. The van der Waals surface area contributed by atoms with Gasteiger partial charge in [0, 0.05) is 5.02 Å². The van der Waals surface area contributed by atoms with Gasteiger partial charge in [0.1, 0.15) is 5.75 Å². The third-order valence-corrected chi connectivity index (χ3v) is 6.50. The topological polar surface area (TPSA) is 110 Å². The Labute approximate surface area is 174 Å². The van der Waals surface area contributed by atoms with Gasteiger partial charge in [0.2, 0.25) is 5.13 Å². The molecule has 2 N–H and O–H groups in total. The molecule has 2 aromatic carbocycles. The Balaban J connectivity index is 1.78. The number of halogens is 2. The molecule has 1 amide bonds. The van der Waals surface area contributed by atoms with E-state index in [1.165, 1.54) is 25.3 Å². The van der Waals surface area contributed by atoms with E-state index in [1.807, 2.05) is 0 Å². The lowest BCUT2D eigenvalue weighted by Gasteiger charge is -2.09. The summed E-state index contributed by atoms with van der Waals surface area (Å²) in [6.07, 6.45) is 0. The Morgan fingerprint density at radius 1 is 1.14 bits per heavy atom. The summed E-state index contributed by atoms with van der Waals surface area (Å²) >= 11 is 12.5. The van der Waals surface area contributed by atoms with Crippen LogP contribution in [0, 0.1) is 0 Å². The number of hydrogen-bond donors (Lipinski definition) is 2. The molecule has 1 heterocycles. The van der Waals surface area contributed by atoms with Gasteiger partial charge in [0.25, 0.3) is 20.3 Å². The lowest BCUT2D eigenvalue weighted by molar-refractivity contribution is 0.102. The largest absolute Gasteiger partial charge is 0.495 e. The second-order valence-corrected chi connectivity index (χ2v) is 8.93. The van der Waals surface area contributed by atoms with E-state index in [1.54, 1.807) is 24.3 Å². The molecule has 12 heteroatoms. The van der Waals surface area contributed by atoms with E-state index >= 15 is 0 Å². The van der Waals surface area contributed by atoms with Crippen LogP contribution in [0.5, 0.6) is 5.75 Å². The number of aromatic nitrogens is 2. The number of sulfonamides is 1. The van der Waals surface area contributed by atoms with Crippen LogP contribution < -0.4 is 14.8 Å². The highest BCUT2D eigenvalue weighted by Gasteiger charge is 2.23. The number of hydrogen-bond acceptors (Lipinski definition) is 7. The number of nitrogens with zero attached hydrogens (tertiary/aromatic N) is 2. The fraction of sp³-hybridized carbons (Fsp3) is 0.0625. The van der Waals surface area contributed by atoms with Crippen molar-refractivity contribution in [2.75, 3.05) is 17.1 Å². The number of amides is 1. The molecule has 0 bridgehead atoms. The van der Waals surface area contributed by atoms with E-state index in [9.17, 15) is 13.2 Å². The van der Waals surface area contributed by atoms with Gasteiger partial charge in [-0.05, 0) is 30.3 Å². The number of rotatable bonds is 6. The van der Waals surface area contributed by atoms with Crippen molar-refractivity contribution < 1.29 is 17.9 Å². The van der Waals surface area contributed by atoms with E-state index < -0.39 is 15.9 Å². The van der Waals surface area contributed by atoms with Crippen LogP contribution in [-0.2, 0) is 10.0 Å². The van der Waals surface area contributed by atoms with E-state index in [0.29, 0.717) is 22.1 Å². The van der Waals surface area contributed by atoms with Crippen molar-refractivity contribution in [1.82, 2.24) is 10.2 Å². The molecule has 0 atom stereocenters. The smallest absolute Gasteiger partial charge is 0.291 e. The molecule has 0 aliphatic carbocycles. The zero-order chi connectivity index (χ0) is 20.3. The van der Waals surface area contributed by atoms with Crippen molar-refractivity contribution >= 4 is 61.3 Å². The zero-order valence-electron chi connectivity index (χ0n) is 14.1. The predicted octanol–water partition coefficient (Wildman–Crippen LogP) is 3.91. The fourth-order valence-corrected chi connectivity index (χ4v) is 4.59. The summed E-state index contributed by atoms with van der Waals surface area (Å²) in [5.74, 6) is -0.221. The number of para-hydroxylation sites is 2. The second-order valence-electron chi connectivity index (χ2n) is 5.26. The molecular weight excluding hydrogens is 447 g/mol. The number of ether oxygens (including phenoxy) is 1. The quantitative estimate of drug-likeness (QED) is 0.541. The summed E-state index contributed by atoms with van der Waals surface area (Å²) in [6.45, 7) is 0. The zero-order valence-corrected chi connectivity index (χ0v) is 17.3. The molecule has 0 saturated carbocycles. The molecule has 0 aliphatic heterocycles. The van der Waals surface area contributed by atoms with E-state index in [2.05, 4.69) is 20.2 Å². The average molecular weight is 459 g/mol. The molecule has 3 rings (SSSR count). The Bertz CT molecular complexity index is 1140. The number of nitrogens with one attached hydrogen (secondary N) is 2. The molecule has 3 aromatic rings. The molecule has 0 unspecified atom stereocenters. The minimum absolute atomic E-state index is 0.00332. The van der Waals surface area contributed by atoms with Gasteiger partial charge in [-0.15, -0.1) is 10.2 Å². The predicted molar refractivity (Wildman–Crippen MR) is 108 cm³/mol. The highest BCUT2D eigenvalue weighted by atomic mass is 35.5. The van der Waals surface area contributed by atoms with Crippen molar-refractivity contribution in [3.63, 3.8) is 0 Å². The Hall–Kier alpha value is -2.40. The minimum atomic E-state index is -4.02. The third kappa shape index (κ3) is 4.53. The summed E-state index contributed by atoms with van der Waals surface area (Å²) in [5, 5.41) is 10.3. The summed E-state index contributed by atoms with van der Waals surface area (Å²) in [4.78, 5) is 12.3. The van der Waals surface area contributed by atoms with Gasteiger partial charge in [-0.3, -0.25) is 14.8 Å². The lowest BCUT2D eigenvalue weighted by Crippen LogP contribution is -2.13. The highest BCUT2D eigenvalue weighted by Crippen LogP contribution is 2.28. The normalized spacial score (nSPS) is 11.1. The minimum Gasteiger partial charge on any atom is -0.495 e. The number of benzene rings is 2. The van der Waals surface area contributed by atoms with Crippen molar-refractivity contribution in [1.29, 1.82) is 0 Å². The third-order valence-electron chi connectivity index (χ3n) is 3.38. The SMILES string of the molecule is COc1ccccc1NS(=O)(=O)c1nnc(NC(=O)c2ccc(Cl)cc2Cl)s1.